The van der Waals surface area contributed by atoms with Gasteiger partial charge in [-0.15, -0.1) is 10.2 Å². The summed E-state index contributed by atoms with van der Waals surface area (Å²) in [6.07, 6.45) is -4.63. The molecule has 0 spiro atoms. The van der Waals surface area contributed by atoms with Crippen LogP contribution in [0, 0.1) is 0 Å². The Kier molecular flexibility index (Phi) is 4.84. The lowest BCUT2D eigenvalue weighted by Crippen LogP contribution is -2.21. The Balaban J connectivity index is 1.87. The first kappa shape index (κ1) is 15.8. The average molecular weight is 339 g/mol. The molecule has 0 unspecified atom stereocenters. The van der Waals surface area contributed by atoms with Gasteiger partial charge in [-0.3, -0.25) is 0 Å². The van der Waals surface area contributed by atoms with Crippen molar-refractivity contribution in [3.05, 3.63) is 35.1 Å². The highest BCUT2D eigenvalue weighted by atomic mass is 35.5. The maximum absolute atomic E-state index is 12.5. The normalized spacial score (nSPS) is 11.6. The van der Waals surface area contributed by atoms with E-state index in [0.717, 1.165) is 11.8 Å². The van der Waals surface area contributed by atoms with Gasteiger partial charge in [0.25, 0.3) is 5.82 Å². The maximum atomic E-state index is 12.5. The number of benzene rings is 1. The molecule has 0 atom stereocenters. The Labute approximate surface area is 127 Å². The number of rotatable bonds is 5. The molecule has 0 aliphatic heterocycles. The Hall–Kier alpha value is -1.61. The Bertz CT molecular complexity index is 620. The number of alkyl halides is 3. The molecule has 2 aromatic rings. The molecule has 0 amide bonds. The predicted molar refractivity (Wildman–Crippen MR) is 72.8 cm³/mol. The van der Waals surface area contributed by atoms with Gasteiger partial charge in [0.15, 0.2) is 0 Å². The van der Waals surface area contributed by atoms with Gasteiger partial charge in [0.05, 0.1) is 11.6 Å². The van der Waals surface area contributed by atoms with Crippen LogP contribution in [0.4, 0.5) is 13.2 Å². The van der Waals surface area contributed by atoms with E-state index in [1.807, 2.05) is 0 Å². The van der Waals surface area contributed by atoms with Gasteiger partial charge >= 0.3 is 6.18 Å². The van der Waals surface area contributed by atoms with E-state index in [1.54, 1.807) is 24.3 Å². The second kappa shape index (κ2) is 6.44. The molecule has 0 saturated heterocycles. The number of nitrogen functional groups attached to an aromatic ring is 1. The minimum atomic E-state index is -4.63. The summed E-state index contributed by atoms with van der Waals surface area (Å²) in [7, 11) is 0. The van der Waals surface area contributed by atoms with E-state index in [0.29, 0.717) is 21.2 Å². The number of para-hydroxylation sites is 1. The van der Waals surface area contributed by atoms with Crippen molar-refractivity contribution < 1.29 is 17.9 Å². The largest absolute Gasteiger partial charge is 0.491 e. The first-order valence-electron chi connectivity index (χ1n) is 5.67. The number of ether oxygens (including phenoxy) is 1. The van der Waals surface area contributed by atoms with Crippen LogP contribution in [0.15, 0.2) is 29.4 Å². The number of halogens is 4. The summed E-state index contributed by atoms with van der Waals surface area (Å²) >= 11 is 6.90. The van der Waals surface area contributed by atoms with Crippen LogP contribution in [-0.2, 0) is 6.18 Å². The van der Waals surface area contributed by atoms with Crippen molar-refractivity contribution in [2.45, 2.75) is 11.3 Å². The fraction of sp³-hybridized carbons (Fsp3) is 0.273. The molecule has 0 aliphatic rings. The zero-order chi connectivity index (χ0) is 15.5. The van der Waals surface area contributed by atoms with Crippen molar-refractivity contribution in [2.24, 2.45) is 0 Å². The molecule has 1 heterocycles. The number of hydrogen-bond donors (Lipinski definition) is 1. The molecule has 21 heavy (non-hydrogen) atoms. The van der Waals surface area contributed by atoms with Gasteiger partial charge < -0.3 is 10.6 Å². The van der Waals surface area contributed by atoms with Gasteiger partial charge in [-0.25, -0.2) is 4.68 Å². The number of thioether (sulfide) groups is 1. The molecular formula is C11H10ClF3N4OS. The highest BCUT2D eigenvalue weighted by Gasteiger charge is 2.38. The average Bonchev–Trinajstić information content (AvgIpc) is 2.78. The lowest BCUT2D eigenvalue weighted by Gasteiger charge is -2.08. The summed E-state index contributed by atoms with van der Waals surface area (Å²) in [6, 6.07) is 6.90. The van der Waals surface area contributed by atoms with Gasteiger partial charge in [-0.05, 0) is 12.1 Å². The molecule has 2 N–H and O–H groups in total. The second-order valence-electron chi connectivity index (χ2n) is 3.80. The molecule has 0 fully saturated rings. The van der Waals surface area contributed by atoms with E-state index >= 15 is 0 Å². The Morgan fingerprint density at radius 2 is 2.00 bits per heavy atom. The summed E-state index contributed by atoms with van der Waals surface area (Å²) in [5.41, 5.74) is 0. The van der Waals surface area contributed by atoms with Crippen LogP contribution in [0.2, 0.25) is 5.02 Å². The lowest BCUT2D eigenvalue weighted by atomic mass is 10.3. The standard InChI is InChI=1S/C11H10ClF3N4OS/c12-7-3-1-2-4-8(7)20-5-6-21-10-18-17-9(19(10)16)11(13,14)15/h1-4H,5-6,16H2. The van der Waals surface area contributed by atoms with Crippen LogP contribution in [0.3, 0.4) is 0 Å². The summed E-state index contributed by atoms with van der Waals surface area (Å²) in [6.45, 7) is 0.239. The minimum absolute atomic E-state index is 0.0370. The first-order valence-corrected chi connectivity index (χ1v) is 7.04. The highest BCUT2D eigenvalue weighted by Crippen LogP contribution is 2.29. The smallest absolute Gasteiger partial charge is 0.453 e. The highest BCUT2D eigenvalue weighted by molar-refractivity contribution is 7.99. The van der Waals surface area contributed by atoms with Crippen molar-refractivity contribution in [1.82, 2.24) is 14.9 Å². The maximum Gasteiger partial charge on any atom is 0.453 e. The summed E-state index contributed by atoms with van der Waals surface area (Å²) in [5, 5.41) is 6.84. The molecule has 0 saturated carbocycles. The van der Waals surface area contributed by atoms with Crippen LogP contribution in [-0.4, -0.2) is 27.2 Å². The van der Waals surface area contributed by atoms with Crippen molar-refractivity contribution >= 4 is 23.4 Å². The zero-order valence-electron chi connectivity index (χ0n) is 10.5. The lowest BCUT2D eigenvalue weighted by molar-refractivity contribution is -0.146. The monoisotopic (exact) mass is 338 g/mol. The molecule has 114 valence electrons. The quantitative estimate of drug-likeness (QED) is 0.516. The van der Waals surface area contributed by atoms with Crippen molar-refractivity contribution in [3.8, 4) is 5.75 Å². The third-order valence-electron chi connectivity index (χ3n) is 2.33. The molecular weight excluding hydrogens is 329 g/mol. The predicted octanol–water partition coefficient (Wildman–Crippen LogP) is 2.84. The van der Waals surface area contributed by atoms with E-state index in [9.17, 15) is 13.2 Å². The number of nitrogens with two attached hydrogens (primary N) is 1. The Morgan fingerprint density at radius 3 is 2.62 bits per heavy atom. The van der Waals surface area contributed by atoms with Gasteiger partial charge in [-0.1, -0.05) is 35.5 Å². The van der Waals surface area contributed by atoms with Crippen molar-refractivity contribution in [1.29, 1.82) is 0 Å². The summed E-state index contributed by atoms with van der Waals surface area (Å²) in [4.78, 5) is 0. The molecule has 2 rings (SSSR count). The third-order valence-corrected chi connectivity index (χ3v) is 3.55. The number of aromatic nitrogens is 3. The second-order valence-corrected chi connectivity index (χ2v) is 5.27. The van der Waals surface area contributed by atoms with Gasteiger partial charge in [0.1, 0.15) is 5.75 Å². The van der Waals surface area contributed by atoms with Crippen molar-refractivity contribution in [3.63, 3.8) is 0 Å². The van der Waals surface area contributed by atoms with E-state index < -0.39 is 12.0 Å². The number of nitrogens with zero attached hydrogens (tertiary/aromatic N) is 3. The summed E-state index contributed by atoms with van der Waals surface area (Å²) < 4.78 is 43.2. The third kappa shape index (κ3) is 3.94. The van der Waals surface area contributed by atoms with Crippen molar-refractivity contribution in [2.75, 3.05) is 18.2 Å². The molecule has 1 aromatic carbocycles. The molecule has 10 heteroatoms. The van der Waals surface area contributed by atoms with E-state index in [-0.39, 0.29) is 11.8 Å². The molecule has 0 aliphatic carbocycles. The van der Waals surface area contributed by atoms with Crippen LogP contribution in [0.25, 0.3) is 0 Å². The molecule has 0 bridgehead atoms. The van der Waals surface area contributed by atoms with E-state index in [1.165, 1.54) is 0 Å². The number of hydrogen-bond acceptors (Lipinski definition) is 5. The van der Waals surface area contributed by atoms with E-state index in [2.05, 4.69) is 10.2 Å². The van der Waals surface area contributed by atoms with Gasteiger partial charge in [0, 0.05) is 5.75 Å². The van der Waals surface area contributed by atoms with E-state index in [4.69, 9.17) is 22.2 Å². The molecule has 1 aromatic heterocycles. The van der Waals surface area contributed by atoms with Crippen LogP contribution >= 0.6 is 23.4 Å². The molecule has 0 radical (unpaired) electrons. The van der Waals surface area contributed by atoms with Gasteiger partial charge in [0.2, 0.25) is 5.16 Å². The van der Waals surface area contributed by atoms with Crippen LogP contribution < -0.4 is 10.6 Å². The minimum Gasteiger partial charge on any atom is -0.491 e. The van der Waals surface area contributed by atoms with Crippen LogP contribution in [0.1, 0.15) is 5.82 Å². The Morgan fingerprint density at radius 1 is 1.29 bits per heavy atom. The zero-order valence-corrected chi connectivity index (χ0v) is 12.0. The SMILES string of the molecule is Nn1c(SCCOc2ccccc2Cl)nnc1C(F)(F)F. The van der Waals surface area contributed by atoms with Gasteiger partial charge in [-0.2, -0.15) is 13.2 Å². The van der Waals surface area contributed by atoms with Crippen LogP contribution in [0.5, 0.6) is 5.75 Å². The fourth-order valence-electron chi connectivity index (χ4n) is 1.42. The fourth-order valence-corrected chi connectivity index (χ4v) is 2.28. The topological polar surface area (TPSA) is 66.0 Å². The summed E-state index contributed by atoms with van der Waals surface area (Å²) in [5.74, 6) is 4.91. The molecule has 5 nitrogen and oxygen atoms in total. The first-order chi connectivity index (χ1) is 9.89.